The Morgan fingerprint density at radius 1 is 1.15 bits per heavy atom. The Morgan fingerprint density at radius 3 is 2.46 bits per heavy atom. The number of amides is 2. The lowest BCUT2D eigenvalue weighted by Crippen LogP contribution is -2.67. The fraction of sp³-hybridized carbons (Fsp3) is 0.889. The molecule has 1 saturated carbocycles. The molecule has 0 radical (unpaired) electrons. The van der Waals surface area contributed by atoms with Crippen molar-refractivity contribution < 1.29 is 14.3 Å². The number of hydrogen-bond donors (Lipinski definition) is 2. The Morgan fingerprint density at radius 2 is 1.88 bits per heavy atom. The molecule has 26 heavy (non-hydrogen) atoms. The molecular weight excluding hydrogens is 334 g/mol. The van der Waals surface area contributed by atoms with Gasteiger partial charge in [0.15, 0.2) is 0 Å². The van der Waals surface area contributed by atoms with Gasteiger partial charge in [0.25, 0.3) is 0 Å². The normalized spacial score (nSPS) is 35.5. The van der Waals surface area contributed by atoms with E-state index < -0.39 is 0 Å². The fourth-order valence-corrected chi connectivity index (χ4v) is 4.89. The van der Waals surface area contributed by atoms with E-state index in [1.54, 1.807) is 6.92 Å². The van der Waals surface area contributed by atoms with E-state index in [1.807, 2.05) is 42.6 Å². The minimum absolute atomic E-state index is 0.0161. The molecule has 4 unspecified atom stereocenters. The average molecular weight is 367 g/mol. The van der Waals surface area contributed by atoms with Crippen molar-refractivity contribution in [2.45, 2.75) is 77.2 Å². The summed E-state index contributed by atoms with van der Waals surface area (Å²) in [6, 6.07) is 0.476. The predicted molar refractivity (Wildman–Crippen MR) is 97.9 cm³/mol. The van der Waals surface area contributed by atoms with Crippen molar-refractivity contribution in [2.75, 3.05) is 20.1 Å². The van der Waals surface area contributed by atoms with Crippen molar-refractivity contribution in [3.05, 3.63) is 0 Å². The molecule has 0 aromatic carbocycles. The number of hydrogen-bond acceptors (Lipinski definition) is 6. The highest BCUT2D eigenvalue weighted by atomic mass is 16.6. The van der Waals surface area contributed by atoms with Gasteiger partial charge in [0, 0.05) is 39.1 Å². The summed E-state index contributed by atoms with van der Waals surface area (Å²) in [4.78, 5) is 28.9. The molecule has 2 aliphatic heterocycles. The monoisotopic (exact) mass is 367 g/mol. The lowest BCUT2D eigenvalue weighted by atomic mass is 9.76. The van der Waals surface area contributed by atoms with Crippen molar-refractivity contribution in [1.29, 1.82) is 0 Å². The summed E-state index contributed by atoms with van der Waals surface area (Å²) in [7, 11) is 2.02. The molecular formula is C18H33N5O3. The van der Waals surface area contributed by atoms with Gasteiger partial charge in [0.05, 0.1) is 18.2 Å². The zero-order chi connectivity index (χ0) is 19.0. The lowest BCUT2D eigenvalue weighted by molar-refractivity contribution is -0.142. The van der Waals surface area contributed by atoms with Crippen LogP contribution in [0.15, 0.2) is 0 Å². The summed E-state index contributed by atoms with van der Waals surface area (Å²) in [6.07, 6.45) is 2.47. The van der Waals surface area contributed by atoms with E-state index in [1.165, 1.54) is 0 Å². The molecule has 3 rings (SSSR count). The van der Waals surface area contributed by atoms with Crippen LogP contribution in [0.1, 0.15) is 47.0 Å². The van der Waals surface area contributed by atoms with Crippen LogP contribution in [0.5, 0.6) is 0 Å². The van der Waals surface area contributed by atoms with Gasteiger partial charge in [0.1, 0.15) is 0 Å². The van der Waals surface area contributed by atoms with E-state index in [0.717, 1.165) is 25.8 Å². The molecule has 148 valence electrons. The van der Waals surface area contributed by atoms with E-state index in [-0.39, 0.29) is 36.2 Å². The van der Waals surface area contributed by atoms with Crippen LogP contribution >= 0.6 is 0 Å². The molecule has 0 aromatic heterocycles. The van der Waals surface area contributed by atoms with Crippen LogP contribution in [0.3, 0.4) is 0 Å². The molecule has 0 spiro atoms. The molecule has 8 nitrogen and oxygen atoms in total. The Kier molecular flexibility index (Phi) is 5.74. The van der Waals surface area contributed by atoms with Crippen molar-refractivity contribution >= 4 is 12.0 Å². The molecule has 1 aliphatic carbocycles. The summed E-state index contributed by atoms with van der Waals surface area (Å²) in [5.41, 5.74) is 6.50. The average Bonchev–Trinajstić information content (AvgIpc) is 2.99. The van der Waals surface area contributed by atoms with Gasteiger partial charge in [0.2, 0.25) is 5.91 Å². The molecule has 0 bridgehead atoms. The van der Waals surface area contributed by atoms with Gasteiger partial charge in [-0.25, -0.2) is 15.2 Å². The molecule has 2 heterocycles. The number of nitrogens with one attached hydrogen (secondary N) is 2. The van der Waals surface area contributed by atoms with Gasteiger partial charge in [-0.15, -0.1) is 0 Å². The van der Waals surface area contributed by atoms with E-state index in [4.69, 9.17) is 4.74 Å². The van der Waals surface area contributed by atoms with Gasteiger partial charge >= 0.3 is 6.09 Å². The Hall–Kier alpha value is -1.38. The van der Waals surface area contributed by atoms with Gasteiger partial charge in [-0.2, -0.15) is 5.53 Å². The van der Waals surface area contributed by atoms with Gasteiger partial charge in [-0.1, -0.05) is 0 Å². The summed E-state index contributed by atoms with van der Waals surface area (Å²) >= 11 is 0. The molecule has 3 aliphatic rings. The first-order valence-corrected chi connectivity index (χ1v) is 9.76. The molecule has 2 N–H and O–H groups in total. The Labute approximate surface area is 156 Å². The molecule has 5 atom stereocenters. The second kappa shape index (κ2) is 7.70. The van der Waals surface area contributed by atoms with Crippen LogP contribution in [0.4, 0.5) is 4.79 Å². The maximum Gasteiger partial charge on any atom is 0.410 e. The third-order valence-electron chi connectivity index (χ3n) is 5.93. The molecule has 0 aromatic rings. The number of ether oxygens (including phenoxy) is 1. The first kappa shape index (κ1) is 19.4. The number of rotatable bonds is 2. The lowest BCUT2D eigenvalue weighted by Gasteiger charge is -2.54. The second-order valence-electron chi connectivity index (χ2n) is 8.31. The van der Waals surface area contributed by atoms with Crippen molar-refractivity contribution in [3.63, 3.8) is 0 Å². The summed E-state index contributed by atoms with van der Waals surface area (Å²) in [5, 5.41) is 2.05. The van der Waals surface area contributed by atoms with Gasteiger partial charge < -0.3 is 14.5 Å². The Balaban J connectivity index is 1.80. The zero-order valence-corrected chi connectivity index (χ0v) is 16.6. The summed E-state index contributed by atoms with van der Waals surface area (Å²) in [6.45, 7) is 8.88. The standard InChI is InChI=1S/C18H33N5O3/c1-11(2)26-18(25)22-9-12(3)23(13(4)24)16-7-6-14(8-17(16)22)15-10-21(5)20-19-15/h11-12,14-17,19-20H,6-10H2,1-5H3/t12-,14?,15?,16?,17?/m0/s1. The van der Waals surface area contributed by atoms with Crippen molar-refractivity contribution in [1.82, 2.24) is 25.8 Å². The van der Waals surface area contributed by atoms with Gasteiger partial charge in [-0.05, 0) is 46.0 Å². The number of carbonyl (C=O) groups is 2. The maximum absolute atomic E-state index is 12.7. The third kappa shape index (κ3) is 3.82. The third-order valence-corrected chi connectivity index (χ3v) is 5.93. The quantitative estimate of drug-likeness (QED) is 0.757. The van der Waals surface area contributed by atoms with E-state index >= 15 is 0 Å². The number of carbonyl (C=O) groups excluding carboxylic acids is 2. The fourth-order valence-electron chi connectivity index (χ4n) is 4.89. The molecule has 8 heteroatoms. The van der Waals surface area contributed by atoms with Crippen LogP contribution in [0.25, 0.3) is 0 Å². The van der Waals surface area contributed by atoms with Crippen molar-refractivity contribution in [2.24, 2.45) is 5.92 Å². The smallest absolute Gasteiger partial charge is 0.410 e. The van der Waals surface area contributed by atoms with E-state index in [2.05, 4.69) is 11.0 Å². The SMILES string of the molecule is CC(=O)N1C2CCC(C3CN(C)NN3)CC2N(C(=O)OC(C)C)C[C@@H]1C. The number of fused-ring (bicyclic) bond motifs is 1. The predicted octanol–water partition coefficient (Wildman–Crippen LogP) is 0.945. The number of hydrazine groups is 2. The van der Waals surface area contributed by atoms with Crippen LogP contribution in [0.2, 0.25) is 0 Å². The maximum atomic E-state index is 12.7. The zero-order valence-electron chi connectivity index (χ0n) is 16.6. The van der Waals surface area contributed by atoms with Crippen LogP contribution in [0, 0.1) is 5.92 Å². The highest BCUT2D eigenvalue weighted by Crippen LogP contribution is 2.37. The first-order chi connectivity index (χ1) is 12.3. The van der Waals surface area contributed by atoms with Gasteiger partial charge in [-0.3, -0.25) is 4.79 Å². The van der Waals surface area contributed by atoms with Crippen LogP contribution in [-0.2, 0) is 9.53 Å². The van der Waals surface area contributed by atoms with Crippen molar-refractivity contribution in [3.8, 4) is 0 Å². The highest BCUT2D eigenvalue weighted by Gasteiger charge is 2.48. The van der Waals surface area contributed by atoms with Crippen LogP contribution < -0.4 is 11.0 Å². The molecule has 3 fully saturated rings. The summed E-state index contributed by atoms with van der Waals surface area (Å²) in [5.74, 6) is 0.563. The van der Waals surface area contributed by atoms with Crippen LogP contribution in [-0.4, -0.2) is 77.2 Å². The highest BCUT2D eigenvalue weighted by molar-refractivity contribution is 5.75. The number of nitrogens with zero attached hydrogens (tertiary/aromatic N) is 3. The first-order valence-electron chi connectivity index (χ1n) is 9.76. The topological polar surface area (TPSA) is 77.2 Å². The second-order valence-corrected chi connectivity index (χ2v) is 8.31. The Bertz CT molecular complexity index is 543. The number of piperazine rings is 1. The largest absolute Gasteiger partial charge is 0.447 e. The minimum atomic E-state index is -0.250. The molecule has 2 amide bonds. The molecule has 2 saturated heterocycles. The minimum Gasteiger partial charge on any atom is -0.447 e. The number of likely N-dealkylation sites (N-methyl/N-ethyl adjacent to an activating group) is 1. The van der Waals surface area contributed by atoms with E-state index in [0.29, 0.717) is 18.5 Å². The van der Waals surface area contributed by atoms with E-state index in [9.17, 15) is 9.59 Å². The summed E-state index contributed by atoms with van der Waals surface area (Å²) < 4.78 is 5.51.